The number of benzene rings is 1. The molecule has 0 saturated heterocycles. The molecule has 0 aliphatic heterocycles. The number of aliphatic hydroxyl groups excluding tert-OH is 1. The van der Waals surface area contributed by atoms with Crippen molar-refractivity contribution in [1.29, 1.82) is 0 Å². The van der Waals surface area contributed by atoms with Crippen molar-refractivity contribution >= 4 is 10.0 Å². The summed E-state index contributed by atoms with van der Waals surface area (Å²) in [5.41, 5.74) is 2.11. The Hall–Kier alpha value is -1.59. The number of rotatable bonds is 3. The third-order valence-corrected chi connectivity index (χ3v) is 3.82. The molecule has 1 heterocycles. The van der Waals surface area contributed by atoms with Crippen molar-refractivity contribution in [3.63, 3.8) is 0 Å². The summed E-state index contributed by atoms with van der Waals surface area (Å²) < 4.78 is 24.2. The Labute approximate surface area is 107 Å². The van der Waals surface area contributed by atoms with Gasteiger partial charge in [-0.2, -0.15) is 0 Å². The number of hydrogen-bond donors (Lipinski definition) is 1. The minimum Gasteiger partial charge on any atom is -0.382 e. The summed E-state index contributed by atoms with van der Waals surface area (Å²) >= 11 is 0. The van der Waals surface area contributed by atoms with Gasteiger partial charge in [0, 0.05) is 6.20 Å². The monoisotopic (exact) mass is 265 g/mol. The van der Waals surface area contributed by atoms with E-state index in [0.29, 0.717) is 11.3 Å². The summed E-state index contributed by atoms with van der Waals surface area (Å²) in [7, 11) is -3.39. The van der Waals surface area contributed by atoms with Crippen molar-refractivity contribution in [1.82, 2.24) is 3.97 Å². The second-order valence-electron chi connectivity index (χ2n) is 4.31. The second-order valence-corrected chi connectivity index (χ2v) is 6.16. The smallest absolute Gasteiger partial charge is 0.235 e. The summed E-state index contributed by atoms with van der Waals surface area (Å²) in [5.74, 6) is 0. The highest BCUT2D eigenvalue weighted by Crippen LogP contribution is 2.23. The third kappa shape index (κ3) is 2.47. The number of nitrogens with zero attached hydrogens (tertiary/aromatic N) is 1. The third-order valence-electron chi connectivity index (χ3n) is 2.77. The zero-order valence-corrected chi connectivity index (χ0v) is 11.1. The van der Waals surface area contributed by atoms with Gasteiger partial charge in [-0.1, -0.05) is 29.8 Å². The van der Waals surface area contributed by atoms with Crippen LogP contribution in [-0.4, -0.2) is 23.8 Å². The van der Waals surface area contributed by atoms with E-state index in [9.17, 15) is 13.5 Å². The van der Waals surface area contributed by atoms with Crippen LogP contribution in [0.5, 0.6) is 0 Å². The Bertz CT molecular complexity index is 641. The average Bonchev–Trinajstić information content (AvgIpc) is 2.77. The standard InChI is InChI=1S/C13H15NO3S/c1-10-5-7-11(8-6-10)13(15)12-4-3-9-14(12)18(2,16)17/h3-9,13,15H,1-2H3. The fourth-order valence-electron chi connectivity index (χ4n) is 1.81. The molecule has 0 aliphatic carbocycles. The predicted octanol–water partition coefficient (Wildman–Crippen LogP) is 1.69. The molecule has 1 N–H and O–H groups in total. The molecule has 0 amide bonds. The molecule has 1 unspecified atom stereocenters. The number of aromatic nitrogens is 1. The Morgan fingerprint density at radius 2 is 1.78 bits per heavy atom. The van der Waals surface area contributed by atoms with E-state index in [4.69, 9.17) is 0 Å². The topological polar surface area (TPSA) is 59.3 Å². The Balaban J connectivity index is 2.44. The van der Waals surface area contributed by atoms with Gasteiger partial charge in [0.2, 0.25) is 10.0 Å². The van der Waals surface area contributed by atoms with Crippen molar-refractivity contribution in [2.45, 2.75) is 13.0 Å². The lowest BCUT2D eigenvalue weighted by atomic mass is 10.1. The molecule has 2 aromatic rings. The number of hydrogen-bond acceptors (Lipinski definition) is 3. The molecule has 0 spiro atoms. The first-order valence-corrected chi connectivity index (χ1v) is 7.37. The van der Waals surface area contributed by atoms with Crippen LogP contribution >= 0.6 is 0 Å². The molecule has 1 aromatic heterocycles. The van der Waals surface area contributed by atoms with Gasteiger partial charge in [-0.3, -0.25) is 0 Å². The zero-order valence-electron chi connectivity index (χ0n) is 10.2. The SMILES string of the molecule is Cc1ccc(C(O)c2cccn2S(C)(=O)=O)cc1. The van der Waals surface area contributed by atoms with E-state index in [1.54, 1.807) is 24.3 Å². The average molecular weight is 265 g/mol. The van der Waals surface area contributed by atoms with Crippen LogP contribution in [-0.2, 0) is 10.0 Å². The molecule has 0 fully saturated rings. The Morgan fingerprint density at radius 1 is 1.17 bits per heavy atom. The summed E-state index contributed by atoms with van der Waals surface area (Å²) in [6.07, 6.45) is 1.59. The molecule has 0 radical (unpaired) electrons. The van der Waals surface area contributed by atoms with Crippen LogP contribution in [0.15, 0.2) is 42.6 Å². The van der Waals surface area contributed by atoms with Crippen LogP contribution in [0.1, 0.15) is 22.9 Å². The molecule has 0 aliphatic rings. The van der Waals surface area contributed by atoms with Crippen molar-refractivity contribution in [3.8, 4) is 0 Å². The van der Waals surface area contributed by atoms with Crippen molar-refractivity contribution in [2.24, 2.45) is 0 Å². The first-order valence-electron chi connectivity index (χ1n) is 5.52. The van der Waals surface area contributed by atoms with Crippen LogP contribution < -0.4 is 0 Å². The maximum absolute atomic E-state index is 11.6. The molecule has 4 nitrogen and oxygen atoms in total. The molecule has 2 rings (SSSR count). The largest absolute Gasteiger partial charge is 0.382 e. The molecule has 1 atom stereocenters. The zero-order chi connectivity index (χ0) is 13.3. The molecular formula is C13H15NO3S. The van der Waals surface area contributed by atoms with Crippen molar-refractivity contribution in [2.75, 3.05) is 6.26 Å². The maximum Gasteiger partial charge on any atom is 0.235 e. The highest BCUT2D eigenvalue weighted by atomic mass is 32.2. The Kier molecular flexibility index (Phi) is 3.28. The van der Waals surface area contributed by atoms with E-state index in [-0.39, 0.29) is 0 Å². The molecular weight excluding hydrogens is 250 g/mol. The van der Waals surface area contributed by atoms with Gasteiger partial charge in [-0.15, -0.1) is 0 Å². The number of aryl methyl sites for hydroxylation is 1. The van der Waals surface area contributed by atoms with E-state index in [0.717, 1.165) is 15.8 Å². The molecule has 5 heteroatoms. The van der Waals surface area contributed by atoms with Gasteiger partial charge in [-0.05, 0) is 24.6 Å². The summed E-state index contributed by atoms with van der Waals surface area (Å²) in [6, 6.07) is 10.6. The lowest BCUT2D eigenvalue weighted by Crippen LogP contribution is -2.15. The van der Waals surface area contributed by atoms with Gasteiger partial charge in [-0.25, -0.2) is 12.4 Å². The van der Waals surface area contributed by atoms with E-state index < -0.39 is 16.1 Å². The van der Waals surface area contributed by atoms with Crippen molar-refractivity contribution in [3.05, 3.63) is 59.4 Å². The van der Waals surface area contributed by atoms with Crippen molar-refractivity contribution < 1.29 is 13.5 Å². The van der Waals surface area contributed by atoms with Crippen LogP contribution in [0.4, 0.5) is 0 Å². The summed E-state index contributed by atoms with van der Waals surface area (Å²) in [5, 5.41) is 10.2. The molecule has 96 valence electrons. The van der Waals surface area contributed by atoms with E-state index in [1.807, 2.05) is 19.1 Å². The molecule has 1 aromatic carbocycles. The summed E-state index contributed by atoms with van der Waals surface area (Å²) in [4.78, 5) is 0. The fraction of sp³-hybridized carbons (Fsp3) is 0.231. The highest BCUT2D eigenvalue weighted by Gasteiger charge is 2.18. The van der Waals surface area contributed by atoms with Gasteiger partial charge in [0.25, 0.3) is 0 Å². The predicted molar refractivity (Wildman–Crippen MR) is 69.9 cm³/mol. The van der Waals surface area contributed by atoms with Crippen LogP contribution in [0.3, 0.4) is 0 Å². The molecule has 18 heavy (non-hydrogen) atoms. The van der Waals surface area contributed by atoms with E-state index >= 15 is 0 Å². The second kappa shape index (κ2) is 4.59. The van der Waals surface area contributed by atoms with Gasteiger partial charge in [0.05, 0.1) is 11.9 Å². The minimum absolute atomic E-state index is 0.348. The quantitative estimate of drug-likeness (QED) is 0.918. The van der Waals surface area contributed by atoms with Crippen LogP contribution in [0, 0.1) is 6.92 Å². The van der Waals surface area contributed by atoms with E-state index in [2.05, 4.69) is 0 Å². The minimum atomic E-state index is -3.39. The summed E-state index contributed by atoms with van der Waals surface area (Å²) in [6.45, 7) is 1.95. The van der Waals surface area contributed by atoms with E-state index in [1.165, 1.54) is 6.20 Å². The maximum atomic E-state index is 11.6. The molecule has 0 bridgehead atoms. The first-order chi connectivity index (χ1) is 8.39. The van der Waals surface area contributed by atoms with Crippen LogP contribution in [0.2, 0.25) is 0 Å². The lowest BCUT2D eigenvalue weighted by molar-refractivity contribution is 0.214. The fourth-order valence-corrected chi connectivity index (χ4v) is 2.65. The highest BCUT2D eigenvalue weighted by molar-refractivity contribution is 7.89. The van der Waals surface area contributed by atoms with Gasteiger partial charge in [0.1, 0.15) is 6.10 Å². The van der Waals surface area contributed by atoms with Crippen LogP contribution in [0.25, 0.3) is 0 Å². The normalized spacial score (nSPS) is 13.5. The van der Waals surface area contributed by atoms with Gasteiger partial charge in [0.15, 0.2) is 0 Å². The lowest BCUT2D eigenvalue weighted by Gasteiger charge is -2.14. The molecule has 0 saturated carbocycles. The van der Waals surface area contributed by atoms with Gasteiger partial charge >= 0.3 is 0 Å². The Morgan fingerprint density at radius 3 is 2.33 bits per heavy atom. The first kappa shape index (κ1) is 12.9. The van der Waals surface area contributed by atoms with Gasteiger partial charge < -0.3 is 5.11 Å². The number of aliphatic hydroxyl groups is 1.